The first kappa shape index (κ1) is 12.0. The van der Waals surface area contributed by atoms with Crippen LogP contribution in [0.3, 0.4) is 0 Å². The summed E-state index contributed by atoms with van der Waals surface area (Å²) in [6, 6.07) is 17.8. The molecular formula is C15H13NO2. The van der Waals surface area contributed by atoms with Crippen molar-refractivity contribution in [1.29, 1.82) is 0 Å². The Hall–Kier alpha value is -2.42. The van der Waals surface area contributed by atoms with E-state index in [0.717, 1.165) is 0 Å². The summed E-state index contributed by atoms with van der Waals surface area (Å²) in [5.74, 6) is -1.03. The summed E-state index contributed by atoms with van der Waals surface area (Å²) in [5.41, 5.74) is -0.250. The molecule has 0 unspecified atom stereocenters. The summed E-state index contributed by atoms with van der Waals surface area (Å²) in [5, 5.41) is 9.60. The van der Waals surface area contributed by atoms with Crippen LogP contribution in [0.15, 0.2) is 65.7 Å². The summed E-state index contributed by atoms with van der Waals surface area (Å²) >= 11 is 0. The Balaban J connectivity index is 2.69. The fourth-order valence-electron chi connectivity index (χ4n) is 2.02. The van der Waals surface area contributed by atoms with Gasteiger partial charge in [-0.25, -0.2) is 4.79 Å². The smallest absolute Gasteiger partial charge is 0.340 e. The Labute approximate surface area is 105 Å². The fourth-order valence-corrected chi connectivity index (χ4v) is 2.02. The number of rotatable bonds is 4. The molecule has 0 aliphatic rings. The van der Waals surface area contributed by atoms with E-state index in [4.69, 9.17) is 0 Å². The highest BCUT2D eigenvalue weighted by atomic mass is 16.4. The Morgan fingerprint density at radius 3 is 1.61 bits per heavy atom. The number of aliphatic imine (C=N–C) groups is 1. The van der Waals surface area contributed by atoms with Gasteiger partial charge in [-0.1, -0.05) is 60.7 Å². The van der Waals surface area contributed by atoms with Crippen LogP contribution < -0.4 is 0 Å². The van der Waals surface area contributed by atoms with E-state index in [1.165, 1.54) is 0 Å². The van der Waals surface area contributed by atoms with Crippen LogP contribution in [0.1, 0.15) is 11.1 Å². The van der Waals surface area contributed by atoms with Crippen LogP contribution in [0, 0.1) is 0 Å². The first-order chi connectivity index (χ1) is 8.71. The van der Waals surface area contributed by atoms with Gasteiger partial charge in [0.15, 0.2) is 0 Å². The van der Waals surface area contributed by atoms with Crippen LogP contribution in [0.2, 0.25) is 0 Å². The minimum Gasteiger partial charge on any atom is -0.479 e. The maximum Gasteiger partial charge on any atom is 0.340 e. The quantitative estimate of drug-likeness (QED) is 0.834. The molecule has 0 heterocycles. The molecule has 2 aromatic carbocycles. The lowest BCUT2D eigenvalue weighted by molar-refractivity contribution is -0.141. The van der Waals surface area contributed by atoms with Crippen molar-refractivity contribution in [3.05, 3.63) is 71.8 Å². The first-order valence-corrected chi connectivity index (χ1v) is 5.54. The SMILES string of the molecule is C=NC(C(=O)O)(c1ccccc1)c1ccccc1. The van der Waals surface area contributed by atoms with E-state index in [2.05, 4.69) is 11.7 Å². The van der Waals surface area contributed by atoms with E-state index >= 15 is 0 Å². The van der Waals surface area contributed by atoms with Gasteiger partial charge < -0.3 is 5.11 Å². The molecule has 0 saturated heterocycles. The molecule has 2 aromatic rings. The number of carboxylic acid groups (broad SMARTS) is 1. The van der Waals surface area contributed by atoms with Gasteiger partial charge in [0.2, 0.25) is 5.54 Å². The molecule has 0 atom stereocenters. The lowest BCUT2D eigenvalue weighted by Crippen LogP contribution is -2.34. The van der Waals surface area contributed by atoms with E-state index in [1.807, 2.05) is 12.1 Å². The Morgan fingerprint density at radius 2 is 1.33 bits per heavy atom. The van der Waals surface area contributed by atoms with Crippen LogP contribution in [-0.2, 0) is 10.3 Å². The minimum absolute atomic E-state index is 0.596. The molecule has 0 aromatic heterocycles. The number of aliphatic carboxylic acids is 1. The van der Waals surface area contributed by atoms with Gasteiger partial charge in [0.1, 0.15) is 0 Å². The topological polar surface area (TPSA) is 49.7 Å². The highest BCUT2D eigenvalue weighted by Gasteiger charge is 2.41. The number of nitrogens with zero attached hydrogens (tertiary/aromatic N) is 1. The van der Waals surface area contributed by atoms with E-state index < -0.39 is 11.5 Å². The highest BCUT2D eigenvalue weighted by Crippen LogP contribution is 2.33. The van der Waals surface area contributed by atoms with Gasteiger partial charge in [0.05, 0.1) is 0 Å². The monoisotopic (exact) mass is 239 g/mol. The molecule has 0 bridgehead atoms. The summed E-state index contributed by atoms with van der Waals surface area (Å²) < 4.78 is 0. The second-order valence-corrected chi connectivity index (χ2v) is 3.91. The van der Waals surface area contributed by atoms with E-state index in [-0.39, 0.29) is 0 Å². The predicted molar refractivity (Wildman–Crippen MR) is 70.8 cm³/mol. The van der Waals surface area contributed by atoms with Gasteiger partial charge in [-0.15, -0.1) is 0 Å². The van der Waals surface area contributed by atoms with Crippen LogP contribution in [-0.4, -0.2) is 17.8 Å². The zero-order valence-electron chi connectivity index (χ0n) is 9.78. The van der Waals surface area contributed by atoms with Crippen molar-refractivity contribution in [3.63, 3.8) is 0 Å². The fraction of sp³-hybridized carbons (Fsp3) is 0.0667. The predicted octanol–water partition coefficient (Wildman–Crippen LogP) is 2.72. The van der Waals surface area contributed by atoms with Crippen molar-refractivity contribution in [3.8, 4) is 0 Å². The number of carbonyl (C=O) groups is 1. The molecule has 90 valence electrons. The molecule has 3 heteroatoms. The molecule has 0 spiro atoms. The molecular weight excluding hydrogens is 226 g/mol. The zero-order valence-corrected chi connectivity index (χ0v) is 9.78. The van der Waals surface area contributed by atoms with Gasteiger partial charge in [0, 0.05) is 0 Å². The molecule has 1 N–H and O–H groups in total. The number of hydrogen-bond acceptors (Lipinski definition) is 2. The standard InChI is InChI=1S/C15H13NO2/c1-16-15(14(17)18,12-8-4-2-5-9-12)13-10-6-3-7-11-13/h2-11H,1H2,(H,17,18). The molecule has 2 rings (SSSR count). The molecule has 0 aliphatic carbocycles. The van der Waals surface area contributed by atoms with Gasteiger partial charge in [-0.2, -0.15) is 0 Å². The maximum absolute atomic E-state index is 11.7. The highest BCUT2D eigenvalue weighted by molar-refractivity contribution is 5.86. The summed E-state index contributed by atoms with van der Waals surface area (Å²) in [7, 11) is 0. The third-order valence-corrected chi connectivity index (χ3v) is 2.93. The number of hydrogen-bond donors (Lipinski definition) is 1. The van der Waals surface area contributed by atoms with Crippen LogP contribution >= 0.6 is 0 Å². The third-order valence-electron chi connectivity index (χ3n) is 2.93. The lowest BCUT2D eigenvalue weighted by atomic mass is 9.83. The van der Waals surface area contributed by atoms with Crippen molar-refractivity contribution in [2.45, 2.75) is 5.54 Å². The molecule has 3 nitrogen and oxygen atoms in total. The average molecular weight is 239 g/mol. The maximum atomic E-state index is 11.7. The summed E-state index contributed by atoms with van der Waals surface area (Å²) in [6.07, 6.45) is 0. The third kappa shape index (κ3) is 1.80. The first-order valence-electron chi connectivity index (χ1n) is 5.54. The molecule has 0 saturated carbocycles. The van der Waals surface area contributed by atoms with E-state index in [1.54, 1.807) is 48.5 Å². The number of carboxylic acids is 1. The molecule has 0 fully saturated rings. The van der Waals surface area contributed by atoms with Gasteiger partial charge in [0.25, 0.3) is 0 Å². The zero-order chi connectivity index (χ0) is 13.0. The molecule has 18 heavy (non-hydrogen) atoms. The van der Waals surface area contributed by atoms with Crippen molar-refractivity contribution < 1.29 is 9.90 Å². The second kappa shape index (κ2) is 4.84. The van der Waals surface area contributed by atoms with Crippen LogP contribution in [0.5, 0.6) is 0 Å². The Kier molecular flexibility index (Phi) is 3.24. The van der Waals surface area contributed by atoms with Gasteiger partial charge in [-0.3, -0.25) is 4.99 Å². The second-order valence-electron chi connectivity index (χ2n) is 3.91. The van der Waals surface area contributed by atoms with Gasteiger partial charge in [-0.05, 0) is 17.8 Å². The largest absolute Gasteiger partial charge is 0.479 e. The van der Waals surface area contributed by atoms with E-state index in [9.17, 15) is 9.90 Å². The number of benzene rings is 2. The summed E-state index contributed by atoms with van der Waals surface area (Å²) in [6.45, 7) is 3.48. The lowest BCUT2D eigenvalue weighted by Gasteiger charge is -2.25. The molecule has 0 amide bonds. The van der Waals surface area contributed by atoms with Crippen LogP contribution in [0.25, 0.3) is 0 Å². The normalized spacial score (nSPS) is 10.9. The Bertz CT molecular complexity index is 510. The van der Waals surface area contributed by atoms with Crippen molar-refractivity contribution in [2.24, 2.45) is 4.99 Å². The molecule has 0 radical (unpaired) electrons. The van der Waals surface area contributed by atoms with Gasteiger partial charge >= 0.3 is 5.97 Å². The van der Waals surface area contributed by atoms with Crippen molar-refractivity contribution in [2.75, 3.05) is 0 Å². The van der Waals surface area contributed by atoms with Crippen molar-refractivity contribution >= 4 is 12.7 Å². The molecule has 0 aliphatic heterocycles. The van der Waals surface area contributed by atoms with Crippen LogP contribution in [0.4, 0.5) is 0 Å². The average Bonchev–Trinajstić information content (AvgIpc) is 2.42. The van der Waals surface area contributed by atoms with E-state index in [0.29, 0.717) is 11.1 Å². The van der Waals surface area contributed by atoms with Crippen molar-refractivity contribution in [1.82, 2.24) is 0 Å². The minimum atomic E-state index is -1.44. The summed E-state index contributed by atoms with van der Waals surface area (Å²) in [4.78, 5) is 15.6. The Morgan fingerprint density at radius 1 is 0.944 bits per heavy atom.